The van der Waals surface area contributed by atoms with Crippen LogP contribution in [0.2, 0.25) is 0 Å². The van der Waals surface area contributed by atoms with Gasteiger partial charge in [0.05, 0.1) is 34.4 Å². The van der Waals surface area contributed by atoms with Crippen molar-refractivity contribution in [2.24, 2.45) is 11.8 Å². The fourth-order valence-corrected chi connectivity index (χ4v) is 3.91. The van der Waals surface area contributed by atoms with Crippen molar-refractivity contribution < 1.29 is 58.3 Å². The third-order valence-corrected chi connectivity index (χ3v) is 5.83. The summed E-state index contributed by atoms with van der Waals surface area (Å²) >= 11 is 0. The van der Waals surface area contributed by atoms with E-state index in [2.05, 4.69) is 29.6 Å². The van der Waals surface area contributed by atoms with Gasteiger partial charge >= 0.3 is 24.2 Å². The smallest absolute Gasteiger partial charge is 0.432 e. The molecule has 1 aliphatic carbocycles. The highest BCUT2D eigenvalue weighted by molar-refractivity contribution is 5.89. The van der Waals surface area contributed by atoms with Gasteiger partial charge in [0.1, 0.15) is 0 Å². The Labute approximate surface area is 218 Å². The molecule has 1 fully saturated rings. The van der Waals surface area contributed by atoms with Crippen molar-refractivity contribution >= 4 is 24.2 Å². The van der Waals surface area contributed by atoms with Crippen LogP contribution in [0.1, 0.15) is 57.5 Å². The van der Waals surface area contributed by atoms with Gasteiger partial charge in [-0.3, -0.25) is 9.78 Å². The van der Waals surface area contributed by atoms with E-state index in [-0.39, 0.29) is 36.2 Å². The summed E-state index contributed by atoms with van der Waals surface area (Å²) in [6, 6.07) is 13.1. The van der Waals surface area contributed by atoms with E-state index < -0.39 is 24.2 Å². The molecule has 1 saturated carbocycles. The number of hydrogen-bond donors (Lipinski definition) is 0. The summed E-state index contributed by atoms with van der Waals surface area (Å²) in [5, 5.41) is 8.45. The van der Waals surface area contributed by atoms with Crippen LogP contribution in [0.5, 0.6) is 0 Å². The number of benzene rings is 2. The summed E-state index contributed by atoms with van der Waals surface area (Å²) < 4.78 is 10.1. The third-order valence-electron chi connectivity index (χ3n) is 5.83. The maximum Gasteiger partial charge on any atom is 0.543 e. The first-order valence-corrected chi connectivity index (χ1v) is 11.9. The molecule has 2 aromatic carbocycles. The predicted octanol–water partition coefficient (Wildman–Crippen LogP) is 5.12. The zero-order chi connectivity index (χ0) is 27.3. The molecule has 0 bridgehead atoms. The van der Waals surface area contributed by atoms with E-state index in [9.17, 15) is 19.2 Å². The van der Waals surface area contributed by atoms with E-state index in [4.69, 9.17) is 9.47 Å². The Morgan fingerprint density at radius 2 is 1.08 bits per heavy atom. The molecular weight excluding hydrogens is 504 g/mol. The van der Waals surface area contributed by atoms with Crippen LogP contribution in [0, 0.1) is 25.7 Å². The molecule has 0 saturated heterocycles. The highest BCUT2D eigenvalue weighted by Gasteiger charge is 2.28. The highest BCUT2D eigenvalue weighted by atomic mass is 17.5. The largest absolute Gasteiger partial charge is 0.543 e. The molecular formula is C26H28O12. The first-order valence-electron chi connectivity index (χ1n) is 11.9. The van der Waals surface area contributed by atoms with Gasteiger partial charge < -0.3 is 9.47 Å². The number of aryl methyl sites for hydroxylation is 2. The monoisotopic (exact) mass is 532 g/mol. The van der Waals surface area contributed by atoms with Gasteiger partial charge in [-0.2, -0.15) is 0 Å². The maximum atomic E-state index is 11.9. The van der Waals surface area contributed by atoms with Gasteiger partial charge in [-0.25, -0.2) is 29.0 Å². The van der Waals surface area contributed by atoms with E-state index in [0.717, 1.165) is 24.0 Å². The Morgan fingerprint density at radius 3 is 1.47 bits per heavy atom. The Bertz CT molecular complexity index is 1030. The standard InChI is InChI=1S/C26H28O12/c1-17-7-5-11-19(13-17)23(27)33-37-35-25(29)31-15-21-9-3-4-10-22(21)16-32-26(30)36-38-34-24(28)20-12-6-8-18(2)14-20/h5-8,11-14,21-22H,3-4,9-10,15-16H2,1-2H3. The lowest BCUT2D eigenvalue weighted by molar-refractivity contribution is -0.453. The van der Waals surface area contributed by atoms with Crippen LogP contribution < -0.4 is 0 Å². The molecule has 0 amide bonds. The van der Waals surface area contributed by atoms with Gasteiger partial charge in [0, 0.05) is 0 Å². The maximum absolute atomic E-state index is 11.9. The predicted molar refractivity (Wildman–Crippen MR) is 126 cm³/mol. The molecule has 2 atom stereocenters. The second kappa shape index (κ2) is 14.5. The Balaban J connectivity index is 1.32. The van der Waals surface area contributed by atoms with Gasteiger partial charge in [0.2, 0.25) is 0 Å². The van der Waals surface area contributed by atoms with Crippen LogP contribution in [0.25, 0.3) is 0 Å². The van der Waals surface area contributed by atoms with Crippen LogP contribution in [0.15, 0.2) is 48.5 Å². The molecule has 3 rings (SSSR count). The van der Waals surface area contributed by atoms with Gasteiger partial charge in [-0.15, -0.1) is 0 Å². The Kier molecular flexibility index (Phi) is 10.9. The van der Waals surface area contributed by atoms with Gasteiger partial charge in [-0.05, 0) is 62.8 Å². The minimum Gasteiger partial charge on any atom is -0.432 e. The van der Waals surface area contributed by atoms with E-state index >= 15 is 0 Å². The second-order valence-corrected chi connectivity index (χ2v) is 8.71. The van der Waals surface area contributed by atoms with Crippen LogP contribution in [-0.2, 0) is 39.1 Å². The molecule has 38 heavy (non-hydrogen) atoms. The van der Waals surface area contributed by atoms with Crippen molar-refractivity contribution in [2.75, 3.05) is 13.2 Å². The van der Waals surface area contributed by atoms with Gasteiger partial charge in [0.25, 0.3) is 0 Å². The van der Waals surface area contributed by atoms with E-state index in [0.29, 0.717) is 12.8 Å². The first-order chi connectivity index (χ1) is 18.3. The van der Waals surface area contributed by atoms with Crippen molar-refractivity contribution in [3.05, 3.63) is 70.8 Å². The average Bonchev–Trinajstić information content (AvgIpc) is 2.91. The number of carbonyl (C=O) groups excluding carboxylic acids is 4. The van der Waals surface area contributed by atoms with Crippen LogP contribution in [-0.4, -0.2) is 37.5 Å². The van der Waals surface area contributed by atoms with Crippen LogP contribution >= 0.6 is 0 Å². The number of hydrogen-bond acceptors (Lipinski definition) is 12. The molecule has 0 heterocycles. The fraction of sp³-hybridized carbons (Fsp3) is 0.385. The Morgan fingerprint density at radius 1 is 0.658 bits per heavy atom. The van der Waals surface area contributed by atoms with Crippen LogP contribution in [0.3, 0.4) is 0 Å². The average molecular weight is 532 g/mol. The molecule has 2 aromatic rings. The summed E-state index contributed by atoms with van der Waals surface area (Å²) in [6.07, 6.45) is 0.819. The minimum atomic E-state index is -1.20. The first kappa shape index (κ1) is 28.4. The zero-order valence-electron chi connectivity index (χ0n) is 20.9. The van der Waals surface area contributed by atoms with Crippen molar-refractivity contribution in [1.82, 2.24) is 0 Å². The van der Waals surface area contributed by atoms with Crippen molar-refractivity contribution in [2.45, 2.75) is 39.5 Å². The lowest BCUT2D eigenvalue weighted by Crippen LogP contribution is -2.30. The summed E-state index contributed by atoms with van der Waals surface area (Å²) in [7, 11) is 0. The SMILES string of the molecule is Cc1cccc(C(=O)OOOC(=O)OCC2CCCCC2COC(=O)OOOC(=O)c2cccc(C)c2)c1. The van der Waals surface area contributed by atoms with E-state index in [1.807, 2.05) is 0 Å². The van der Waals surface area contributed by atoms with Crippen molar-refractivity contribution in [3.63, 3.8) is 0 Å². The normalized spacial score (nSPS) is 16.6. The van der Waals surface area contributed by atoms with Crippen LogP contribution in [0.4, 0.5) is 9.59 Å². The molecule has 2 unspecified atom stereocenters. The lowest BCUT2D eigenvalue weighted by Gasteiger charge is -2.30. The fourth-order valence-electron chi connectivity index (χ4n) is 3.91. The minimum absolute atomic E-state index is 0.0400. The van der Waals surface area contributed by atoms with E-state index in [1.54, 1.807) is 50.2 Å². The molecule has 0 N–H and O–H groups in total. The molecule has 12 nitrogen and oxygen atoms in total. The number of carbonyl (C=O) groups is 4. The molecule has 204 valence electrons. The van der Waals surface area contributed by atoms with Gasteiger partial charge in [0.15, 0.2) is 0 Å². The molecule has 0 radical (unpaired) electrons. The molecule has 1 aliphatic rings. The van der Waals surface area contributed by atoms with E-state index in [1.165, 1.54) is 12.1 Å². The third kappa shape index (κ3) is 9.37. The Hall–Kier alpha value is -4.16. The molecule has 0 aromatic heterocycles. The summed E-state index contributed by atoms with van der Waals surface area (Å²) in [4.78, 5) is 64.8. The summed E-state index contributed by atoms with van der Waals surface area (Å²) in [5.74, 6) is -1.96. The second-order valence-electron chi connectivity index (χ2n) is 8.71. The quantitative estimate of drug-likeness (QED) is 0.227. The molecule has 0 spiro atoms. The molecule has 0 aliphatic heterocycles. The summed E-state index contributed by atoms with van der Waals surface area (Å²) in [5.41, 5.74) is 2.13. The zero-order valence-corrected chi connectivity index (χ0v) is 20.9. The molecule has 12 heteroatoms. The van der Waals surface area contributed by atoms with Crippen molar-refractivity contribution in [3.8, 4) is 0 Å². The van der Waals surface area contributed by atoms with Crippen molar-refractivity contribution in [1.29, 1.82) is 0 Å². The topological polar surface area (TPSA) is 142 Å². The van der Waals surface area contributed by atoms with Gasteiger partial charge in [-0.1, -0.05) is 48.2 Å². The lowest BCUT2D eigenvalue weighted by atomic mass is 9.80. The number of ether oxygens (including phenoxy) is 2. The summed E-state index contributed by atoms with van der Waals surface area (Å²) in [6.45, 7) is 3.52. The highest BCUT2D eigenvalue weighted by Crippen LogP contribution is 2.30. The number of rotatable bonds is 10.